The molecule has 0 bridgehead atoms. The van der Waals surface area contributed by atoms with Crippen molar-refractivity contribution in [3.05, 3.63) is 60.8 Å². The molecule has 0 aromatic rings. The summed E-state index contributed by atoms with van der Waals surface area (Å²) >= 11 is 0. The maximum atomic E-state index is 12.9. The fourth-order valence-electron chi connectivity index (χ4n) is 8.51. The van der Waals surface area contributed by atoms with Crippen LogP contribution in [0.5, 0.6) is 0 Å². The van der Waals surface area contributed by atoms with E-state index in [1.54, 1.807) is 0 Å². The van der Waals surface area contributed by atoms with Gasteiger partial charge in [0.2, 0.25) is 0 Å². The molecule has 5 nitrogen and oxygen atoms in total. The molecule has 1 unspecified atom stereocenters. The first-order chi connectivity index (χ1) is 33.6. The Morgan fingerprint density at radius 1 is 0.324 bits per heavy atom. The summed E-state index contributed by atoms with van der Waals surface area (Å²) in [4.78, 5) is 25.6. The predicted octanol–water partition coefficient (Wildman–Crippen LogP) is 20.5. The molecule has 0 fully saturated rings. The highest BCUT2D eigenvalue weighted by atomic mass is 16.6. The van der Waals surface area contributed by atoms with Gasteiger partial charge in [-0.1, -0.05) is 242 Å². The lowest BCUT2D eigenvalue weighted by Crippen LogP contribution is -2.30. The van der Waals surface area contributed by atoms with Gasteiger partial charge in [-0.2, -0.15) is 0 Å². The summed E-state index contributed by atoms with van der Waals surface area (Å²) in [5, 5.41) is 0. The molecule has 0 aliphatic heterocycles. The normalized spacial score (nSPS) is 12.6. The highest BCUT2D eigenvalue weighted by Gasteiger charge is 2.17. The fourth-order valence-corrected chi connectivity index (χ4v) is 8.51. The van der Waals surface area contributed by atoms with E-state index in [0.29, 0.717) is 19.4 Å². The third-order valence-electron chi connectivity index (χ3n) is 13.0. The van der Waals surface area contributed by atoms with Crippen LogP contribution in [0.3, 0.4) is 0 Å². The zero-order valence-corrected chi connectivity index (χ0v) is 45.6. The minimum Gasteiger partial charge on any atom is -0.462 e. The number of ether oxygens (including phenoxy) is 3. The van der Waals surface area contributed by atoms with Crippen molar-refractivity contribution in [3.8, 4) is 0 Å². The van der Waals surface area contributed by atoms with Crippen LogP contribution in [0, 0.1) is 0 Å². The summed E-state index contributed by atoms with van der Waals surface area (Å²) in [5.74, 6) is -0.403. The Morgan fingerprint density at radius 3 is 1.01 bits per heavy atom. The van der Waals surface area contributed by atoms with Crippen LogP contribution in [0.4, 0.5) is 0 Å². The standard InChI is InChI=1S/C63H114O5/c1-4-7-10-13-16-19-22-25-28-31-32-34-35-38-41-44-47-50-53-56-62(64)67-60-61(59-66-58-55-52-49-46-43-40-37-30-27-24-21-18-15-12-9-6-3)68-63(65)57-54-51-48-45-42-39-36-33-29-26-23-20-17-14-11-8-5-2/h17-18,20-21,25-30,61H,4-16,19,22-24,31-60H2,1-3H3/b20-17-,21-18-,28-25-,29-26-,30-27-. The largest absolute Gasteiger partial charge is 0.462 e. The van der Waals surface area contributed by atoms with Crippen molar-refractivity contribution in [3.63, 3.8) is 0 Å². The third kappa shape index (κ3) is 56.2. The van der Waals surface area contributed by atoms with Crippen LogP contribution in [0.15, 0.2) is 60.8 Å². The van der Waals surface area contributed by atoms with E-state index < -0.39 is 6.10 Å². The molecule has 0 heterocycles. The molecule has 0 saturated heterocycles. The first-order valence-electron chi connectivity index (χ1n) is 29.8. The molecule has 0 radical (unpaired) electrons. The van der Waals surface area contributed by atoms with Crippen molar-refractivity contribution >= 4 is 11.9 Å². The zero-order chi connectivity index (χ0) is 49.2. The Morgan fingerprint density at radius 2 is 0.618 bits per heavy atom. The van der Waals surface area contributed by atoms with Gasteiger partial charge in [0.05, 0.1) is 6.61 Å². The lowest BCUT2D eigenvalue weighted by Gasteiger charge is -2.18. The molecule has 0 aromatic heterocycles. The molecule has 0 aliphatic rings. The Labute approximate surface area is 424 Å². The van der Waals surface area contributed by atoms with Gasteiger partial charge < -0.3 is 14.2 Å². The number of carbonyl (C=O) groups excluding carboxylic acids is 2. The molecule has 0 aromatic carbocycles. The van der Waals surface area contributed by atoms with Crippen molar-refractivity contribution < 1.29 is 23.8 Å². The fraction of sp³-hybridized carbons (Fsp3) is 0.810. The van der Waals surface area contributed by atoms with Crippen molar-refractivity contribution in [2.24, 2.45) is 0 Å². The van der Waals surface area contributed by atoms with Crippen LogP contribution in [0.1, 0.15) is 303 Å². The topological polar surface area (TPSA) is 61.8 Å². The van der Waals surface area contributed by atoms with Gasteiger partial charge in [0.15, 0.2) is 6.10 Å². The van der Waals surface area contributed by atoms with Gasteiger partial charge in [-0.25, -0.2) is 0 Å². The number of carbonyl (C=O) groups is 2. The van der Waals surface area contributed by atoms with E-state index in [9.17, 15) is 9.59 Å². The van der Waals surface area contributed by atoms with Gasteiger partial charge >= 0.3 is 11.9 Å². The number of esters is 2. The van der Waals surface area contributed by atoms with E-state index in [4.69, 9.17) is 14.2 Å². The molecule has 5 heteroatoms. The van der Waals surface area contributed by atoms with Gasteiger partial charge in [0.25, 0.3) is 0 Å². The predicted molar refractivity (Wildman–Crippen MR) is 298 cm³/mol. The smallest absolute Gasteiger partial charge is 0.306 e. The van der Waals surface area contributed by atoms with Crippen LogP contribution in [0.2, 0.25) is 0 Å². The van der Waals surface area contributed by atoms with Gasteiger partial charge in [0.1, 0.15) is 6.61 Å². The minimum absolute atomic E-state index is 0.0775. The second kappa shape index (κ2) is 58.9. The quantitative estimate of drug-likeness (QED) is 0.0345. The molecule has 0 saturated carbocycles. The monoisotopic (exact) mass is 951 g/mol. The summed E-state index contributed by atoms with van der Waals surface area (Å²) in [7, 11) is 0. The van der Waals surface area contributed by atoms with Gasteiger partial charge in [0, 0.05) is 19.4 Å². The summed E-state index contributed by atoms with van der Waals surface area (Å²) < 4.78 is 17.5. The SMILES string of the molecule is CCCCC/C=C\C/C=C\CCCCCCCCCC(=O)OC(COCCCCCCCC/C=C\C/C=C\CCCCC)COC(=O)CCCCCCCCCCC/C=C\CCCCCCCC. The Bertz CT molecular complexity index is 1170. The second-order valence-corrected chi connectivity index (χ2v) is 19.9. The number of hydrogen-bond donors (Lipinski definition) is 0. The van der Waals surface area contributed by atoms with Gasteiger partial charge in [-0.3, -0.25) is 9.59 Å². The van der Waals surface area contributed by atoms with E-state index in [1.807, 2.05) is 0 Å². The summed E-state index contributed by atoms with van der Waals surface area (Å²) in [5.41, 5.74) is 0. The molecule has 68 heavy (non-hydrogen) atoms. The van der Waals surface area contributed by atoms with Gasteiger partial charge in [-0.05, 0) is 109 Å². The second-order valence-electron chi connectivity index (χ2n) is 19.9. The van der Waals surface area contributed by atoms with Crippen molar-refractivity contribution in [1.82, 2.24) is 0 Å². The Balaban J connectivity index is 4.28. The van der Waals surface area contributed by atoms with Crippen molar-refractivity contribution in [2.45, 2.75) is 309 Å². The van der Waals surface area contributed by atoms with Crippen LogP contribution >= 0.6 is 0 Å². The first-order valence-corrected chi connectivity index (χ1v) is 29.8. The maximum absolute atomic E-state index is 12.9. The van der Waals surface area contributed by atoms with Crippen molar-refractivity contribution in [2.75, 3.05) is 19.8 Å². The van der Waals surface area contributed by atoms with E-state index in [-0.39, 0.29) is 25.2 Å². The Kier molecular flexibility index (Phi) is 56.8. The van der Waals surface area contributed by atoms with Crippen LogP contribution < -0.4 is 0 Å². The van der Waals surface area contributed by atoms with E-state index in [0.717, 1.165) is 57.8 Å². The van der Waals surface area contributed by atoms with Crippen LogP contribution in [-0.4, -0.2) is 37.9 Å². The number of rotatable bonds is 55. The molecular weight excluding hydrogens is 837 g/mol. The van der Waals surface area contributed by atoms with E-state index in [2.05, 4.69) is 81.5 Å². The molecule has 0 spiro atoms. The maximum Gasteiger partial charge on any atom is 0.306 e. The molecule has 1 atom stereocenters. The highest BCUT2D eigenvalue weighted by Crippen LogP contribution is 2.15. The summed E-state index contributed by atoms with van der Waals surface area (Å²) in [6.07, 6.45) is 75.2. The molecule has 396 valence electrons. The van der Waals surface area contributed by atoms with Crippen LogP contribution in [0.25, 0.3) is 0 Å². The highest BCUT2D eigenvalue weighted by molar-refractivity contribution is 5.70. The summed E-state index contributed by atoms with van der Waals surface area (Å²) in [6, 6.07) is 0. The van der Waals surface area contributed by atoms with E-state index >= 15 is 0 Å². The van der Waals surface area contributed by atoms with Gasteiger partial charge in [-0.15, -0.1) is 0 Å². The molecule has 0 rings (SSSR count). The first kappa shape index (κ1) is 65.6. The summed E-state index contributed by atoms with van der Waals surface area (Å²) in [6.45, 7) is 7.78. The number of unbranched alkanes of at least 4 members (excludes halogenated alkanes) is 34. The minimum atomic E-state index is -0.548. The average molecular weight is 952 g/mol. The zero-order valence-electron chi connectivity index (χ0n) is 45.6. The third-order valence-corrected chi connectivity index (χ3v) is 13.0. The molecule has 0 N–H and O–H groups in total. The molecule has 0 aliphatic carbocycles. The van der Waals surface area contributed by atoms with Crippen molar-refractivity contribution in [1.29, 1.82) is 0 Å². The van der Waals surface area contributed by atoms with E-state index in [1.165, 1.54) is 212 Å². The molecule has 0 amide bonds. The Hall–Kier alpha value is -2.40. The number of allylic oxidation sites excluding steroid dienone is 10. The van der Waals surface area contributed by atoms with Crippen LogP contribution in [-0.2, 0) is 23.8 Å². The lowest BCUT2D eigenvalue weighted by atomic mass is 10.1. The molecular formula is C63H114O5. The lowest BCUT2D eigenvalue weighted by molar-refractivity contribution is -0.163. The average Bonchev–Trinajstić information content (AvgIpc) is 3.34. The number of hydrogen-bond acceptors (Lipinski definition) is 5.